The van der Waals surface area contributed by atoms with Gasteiger partial charge in [-0.15, -0.1) is 10.2 Å². The highest BCUT2D eigenvalue weighted by atomic mass is 19.1. The van der Waals surface area contributed by atoms with Crippen molar-refractivity contribution >= 4 is 5.82 Å². The average molecular weight is 218 g/mol. The second-order valence-corrected chi connectivity index (χ2v) is 3.31. The summed E-state index contributed by atoms with van der Waals surface area (Å²) in [6, 6.07) is 6.07. The molecule has 0 unspecified atom stereocenters. The molecule has 0 spiro atoms. The zero-order valence-corrected chi connectivity index (χ0v) is 9.03. The highest BCUT2D eigenvalue weighted by molar-refractivity contribution is 5.70. The first-order valence-corrected chi connectivity index (χ1v) is 4.85. The number of hydrogen-bond acceptors (Lipinski definition) is 4. The van der Waals surface area contributed by atoms with Crippen molar-refractivity contribution in [1.82, 2.24) is 15.2 Å². The Morgan fingerprint density at radius 1 is 1.12 bits per heavy atom. The van der Waals surface area contributed by atoms with Crippen LogP contribution in [-0.4, -0.2) is 22.2 Å². The molecule has 5 heteroatoms. The van der Waals surface area contributed by atoms with Crippen molar-refractivity contribution < 1.29 is 4.39 Å². The number of aromatic nitrogens is 3. The van der Waals surface area contributed by atoms with Crippen molar-refractivity contribution in [3.05, 3.63) is 35.9 Å². The molecule has 0 saturated carbocycles. The molecular formula is C11H11FN4. The molecule has 4 nitrogen and oxygen atoms in total. The van der Waals surface area contributed by atoms with Crippen LogP contribution in [0.5, 0.6) is 0 Å². The van der Waals surface area contributed by atoms with Crippen molar-refractivity contribution in [1.29, 1.82) is 0 Å². The molecule has 16 heavy (non-hydrogen) atoms. The van der Waals surface area contributed by atoms with E-state index in [2.05, 4.69) is 20.5 Å². The molecule has 0 aliphatic rings. The molecular weight excluding hydrogens is 207 g/mol. The molecule has 2 aromatic rings. The lowest BCUT2D eigenvalue weighted by Gasteiger charge is -2.06. The van der Waals surface area contributed by atoms with Gasteiger partial charge in [-0.2, -0.15) is 0 Å². The van der Waals surface area contributed by atoms with Gasteiger partial charge in [0.15, 0.2) is 5.82 Å². The Kier molecular flexibility index (Phi) is 2.76. The third-order valence-electron chi connectivity index (χ3n) is 2.15. The van der Waals surface area contributed by atoms with Gasteiger partial charge in [0.1, 0.15) is 17.3 Å². The second kappa shape index (κ2) is 4.22. The molecule has 1 N–H and O–H groups in total. The maximum absolute atomic E-state index is 12.8. The van der Waals surface area contributed by atoms with Crippen LogP contribution in [0.2, 0.25) is 0 Å². The van der Waals surface area contributed by atoms with Gasteiger partial charge in [0.05, 0.1) is 0 Å². The lowest BCUT2D eigenvalue weighted by atomic mass is 10.1. The molecule has 0 bridgehead atoms. The minimum absolute atomic E-state index is 0.275. The first-order valence-electron chi connectivity index (χ1n) is 4.85. The van der Waals surface area contributed by atoms with Crippen molar-refractivity contribution in [3.8, 4) is 11.3 Å². The number of rotatable bonds is 2. The minimum Gasteiger partial charge on any atom is -0.371 e. The highest BCUT2D eigenvalue weighted by Crippen LogP contribution is 2.22. The van der Waals surface area contributed by atoms with E-state index < -0.39 is 0 Å². The number of hydrogen-bond donors (Lipinski definition) is 1. The number of aryl methyl sites for hydroxylation is 1. The molecule has 1 heterocycles. The predicted molar refractivity (Wildman–Crippen MR) is 59.5 cm³/mol. The van der Waals surface area contributed by atoms with Crippen molar-refractivity contribution in [2.75, 3.05) is 12.4 Å². The van der Waals surface area contributed by atoms with Crippen LogP contribution >= 0.6 is 0 Å². The monoisotopic (exact) mass is 218 g/mol. The van der Waals surface area contributed by atoms with Gasteiger partial charge < -0.3 is 5.32 Å². The molecule has 0 aliphatic heterocycles. The Morgan fingerprint density at radius 2 is 1.81 bits per heavy atom. The maximum Gasteiger partial charge on any atom is 0.156 e. The third kappa shape index (κ3) is 1.98. The van der Waals surface area contributed by atoms with Crippen LogP contribution in [0.25, 0.3) is 11.3 Å². The van der Waals surface area contributed by atoms with E-state index in [0.29, 0.717) is 17.3 Å². The van der Waals surface area contributed by atoms with Crippen molar-refractivity contribution in [2.45, 2.75) is 6.92 Å². The molecule has 0 saturated heterocycles. The van der Waals surface area contributed by atoms with Crippen LogP contribution < -0.4 is 5.32 Å². The quantitative estimate of drug-likeness (QED) is 0.837. The summed E-state index contributed by atoms with van der Waals surface area (Å²) in [5.41, 5.74) is 1.40. The number of benzene rings is 1. The van der Waals surface area contributed by atoms with Gasteiger partial charge in [-0.25, -0.2) is 9.37 Å². The van der Waals surface area contributed by atoms with Crippen LogP contribution in [-0.2, 0) is 0 Å². The number of halogens is 1. The van der Waals surface area contributed by atoms with E-state index in [1.54, 1.807) is 26.1 Å². The maximum atomic E-state index is 12.8. The van der Waals surface area contributed by atoms with E-state index in [9.17, 15) is 4.39 Å². The van der Waals surface area contributed by atoms with Gasteiger partial charge in [-0.3, -0.25) is 0 Å². The van der Waals surface area contributed by atoms with Crippen LogP contribution in [0, 0.1) is 12.7 Å². The summed E-state index contributed by atoms with van der Waals surface area (Å²) < 4.78 is 12.8. The Morgan fingerprint density at radius 3 is 2.44 bits per heavy atom. The molecule has 0 atom stereocenters. The first kappa shape index (κ1) is 10.5. The van der Waals surface area contributed by atoms with E-state index in [4.69, 9.17) is 0 Å². The second-order valence-electron chi connectivity index (χ2n) is 3.31. The van der Waals surface area contributed by atoms with E-state index in [1.165, 1.54) is 12.1 Å². The average Bonchev–Trinajstić information content (AvgIpc) is 2.30. The minimum atomic E-state index is -0.275. The number of anilines is 1. The summed E-state index contributed by atoms with van der Waals surface area (Å²) in [6.07, 6.45) is 0. The van der Waals surface area contributed by atoms with Crippen molar-refractivity contribution in [3.63, 3.8) is 0 Å². The largest absolute Gasteiger partial charge is 0.371 e. The van der Waals surface area contributed by atoms with Gasteiger partial charge in [-0.1, -0.05) is 0 Å². The summed E-state index contributed by atoms with van der Waals surface area (Å²) in [5.74, 6) is 0.956. The Hall–Kier alpha value is -2.04. The first-order chi connectivity index (χ1) is 7.70. The van der Waals surface area contributed by atoms with Gasteiger partial charge in [0, 0.05) is 12.6 Å². The summed E-state index contributed by atoms with van der Waals surface area (Å²) in [4.78, 5) is 4.21. The van der Waals surface area contributed by atoms with E-state index in [0.717, 1.165) is 5.56 Å². The van der Waals surface area contributed by atoms with Gasteiger partial charge in [0.25, 0.3) is 0 Å². The Labute approximate surface area is 92.6 Å². The summed E-state index contributed by atoms with van der Waals surface area (Å²) in [7, 11) is 1.76. The van der Waals surface area contributed by atoms with Crippen LogP contribution in [0.1, 0.15) is 5.82 Å². The lowest BCUT2D eigenvalue weighted by molar-refractivity contribution is 0.628. The fourth-order valence-electron chi connectivity index (χ4n) is 1.38. The topological polar surface area (TPSA) is 50.7 Å². The molecule has 1 aromatic heterocycles. The molecule has 82 valence electrons. The Bertz CT molecular complexity index is 496. The van der Waals surface area contributed by atoms with Gasteiger partial charge in [-0.05, 0) is 31.2 Å². The van der Waals surface area contributed by atoms with E-state index in [1.807, 2.05) is 0 Å². The lowest BCUT2D eigenvalue weighted by Crippen LogP contribution is -2.02. The molecule has 0 aliphatic carbocycles. The summed E-state index contributed by atoms with van der Waals surface area (Å²) >= 11 is 0. The van der Waals surface area contributed by atoms with Gasteiger partial charge >= 0.3 is 0 Å². The third-order valence-corrected chi connectivity index (χ3v) is 2.15. The van der Waals surface area contributed by atoms with E-state index >= 15 is 0 Å². The molecule has 1 aromatic carbocycles. The smallest absolute Gasteiger partial charge is 0.156 e. The van der Waals surface area contributed by atoms with E-state index in [-0.39, 0.29) is 5.82 Å². The summed E-state index contributed by atoms with van der Waals surface area (Å²) in [5, 5.41) is 10.9. The van der Waals surface area contributed by atoms with Crippen LogP contribution in [0.3, 0.4) is 0 Å². The normalized spacial score (nSPS) is 10.2. The zero-order valence-electron chi connectivity index (χ0n) is 9.03. The molecule has 0 amide bonds. The standard InChI is InChI=1S/C11H11FN4/c1-7-14-11(13-2)10(16-15-7)8-3-5-9(12)6-4-8/h3-6H,1-2H3,(H,13,14,15). The fraction of sp³-hybridized carbons (Fsp3) is 0.182. The molecule has 2 rings (SSSR count). The van der Waals surface area contributed by atoms with Gasteiger partial charge in [0.2, 0.25) is 0 Å². The van der Waals surface area contributed by atoms with Crippen LogP contribution in [0.15, 0.2) is 24.3 Å². The Balaban J connectivity index is 2.51. The molecule has 0 fully saturated rings. The van der Waals surface area contributed by atoms with Crippen molar-refractivity contribution in [2.24, 2.45) is 0 Å². The SMILES string of the molecule is CNc1nc(C)nnc1-c1ccc(F)cc1. The fourth-order valence-corrected chi connectivity index (χ4v) is 1.38. The number of nitrogens with zero attached hydrogens (tertiary/aromatic N) is 3. The summed E-state index contributed by atoms with van der Waals surface area (Å²) in [6.45, 7) is 1.77. The predicted octanol–water partition coefficient (Wildman–Crippen LogP) is 2.03. The molecule has 0 radical (unpaired) electrons. The highest BCUT2D eigenvalue weighted by Gasteiger charge is 2.08. The zero-order chi connectivity index (χ0) is 11.5. The van der Waals surface area contributed by atoms with Crippen LogP contribution in [0.4, 0.5) is 10.2 Å². The number of nitrogens with one attached hydrogen (secondary N) is 1.